The van der Waals surface area contributed by atoms with E-state index in [1.54, 1.807) is 0 Å². The van der Waals surface area contributed by atoms with Crippen molar-refractivity contribution in [2.75, 3.05) is 12.0 Å². The summed E-state index contributed by atoms with van der Waals surface area (Å²) in [5.41, 5.74) is 2.37. The lowest BCUT2D eigenvalue weighted by atomic mass is 10.0. The highest BCUT2D eigenvalue weighted by Gasteiger charge is 2.24. The van der Waals surface area contributed by atoms with Gasteiger partial charge in [0.05, 0.1) is 16.5 Å². The molecular weight excluding hydrogens is 480 g/mol. The van der Waals surface area contributed by atoms with Crippen LogP contribution in [0.2, 0.25) is 0 Å². The normalized spacial score (nSPS) is 12.1. The number of rotatable bonds is 20. The van der Waals surface area contributed by atoms with Gasteiger partial charge in [0.25, 0.3) is 0 Å². The molecule has 0 aromatic heterocycles. The van der Waals surface area contributed by atoms with Gasteiger partial charge in [-0.25, -0.2) is 4.79 Å². The van der Waals surface area contributed by atoms with E-state index in [9.17, 15) is 4.79 Å². The van der Waals surface area contributed by atoms with Crippen LogP contribution >= 0.6 is 0 Å². The Morgan fingerprint density at radius 3 is 1.58 bits per heavy atom. The van der Waals surface area contributed by atoms with Gasteiger partial charge in [0, 0.05) is 0 Å². The van der Waals surface area contributed by atoms with Crippen LogP contribution in [0.3, 0.4) is 0 Å². The van der Waals surface area contributed by atoms with Gasteiger partial charge in [0.2, 0.25) is 0 Å². The Morgan fingerprint density at radius 2 is 1.00 bits per heavy atom. The maximum atomic E-state index is 12.4. The molecule has 1 nitrogen and oxygen atoms in total. The lowest BCUT2D eigenvalue weighted by Gasteiger charge is -2.05. The van der Waals surface area contributed by atoms with Crippen LogP contribution in [0.15, 0.2) is 72.8 Å². The Balaban J connectivity index is 1.03. The van der Waals surface area contributed by atoms with E-state index in [0.717, 1.165) is 11.3 Å². The molecule has 38 heavy (non-hydrogen) atoms. The molecule has 0 saturated heterocycles. The maximum Gasteiger partial charge on any atom is 0.361 e. The molecule has 0 heterocycles. The molecule has 0 N–H and O–H groups in total. The largest absolute Gasteiger partial charge is 0.361 e. The van der Waals surface area contributed by atoms with Crippen molar-refractivity contribution in [1.82, 2.24) is 0 Å². The number of carbonyl (C=O) groups is 1. The summed E-state index contributed by atoms with van der Waals surface area (Å²) in [6, 6.07) is 25.4. The summed E-state index contributed by atoms with van der Waals surface area (Å²) >= 11 is 0. The van der Waals surface area contributed by atoms with Crippen LogP contribution in [0.25, 0.3) is 10.8 Å². The molecule has 1 atom stereocenters. The fourth-order valence-electron chi connectivity index (χ4n) is 5.38. The van der Waals surface area contributed by atoms with Crippen LogP contribution in [0, 0.1) is 0 Å². The van der Waals surface area contributed by atoms with Gasteiger partial charge >= 0.3 is 5.12 Å². The van der Waals surface area contributed by atoms with Gasteiger partial charge in [-0.1, -0.05) is 144 Å². The second-order valence-electron chi connectivity index (χ2n) is 11.1. The highest BCUT2D eigenvalue weighted by atomic mass is 32.2. The summed E-state index contributed by atoms with van der Waals surface area (Å²) in [6.07, 6.45) is 25.4. The minimum Gasteiger partial charge on any atom is -0.232 e. The molecule has 3 aromatic rings. The van der Waals surface area contributed by atoms with Crippen LogP contribution in [0.4, 0.5) is 0 Å². The first-order chi connectivity index (χ1) is 18.7. The summed E-state index contributed by atoms with van der Waals surface area (Å²) < 4.78 is 0. The number of benzene rings is 3. The predicted octanol–water partition coefficient (Wildman–Crippen LogP) is 10.7. The molecule has 0 amide bonds. The summed E-state index contributed by atoms with van der Waals surface area (Å²) in [5, 5.41) is 3.06. The third-order valence-electron chi connectivity index (χ3n) is 7.81. The summed E-state index contributed by atoms with van der Waals surface area (Å²) in [4.78, 5) is 12.4. The summed E-state index contributed by atoms with van der Waals surface area (Å²) in [5.74, 6) is 1.05. The second-order valence-corrected chi connectivity index (χ2v) is 13.1. The molecule has 0 fully saturated rings. The molecule has 3 rings (SSSR count). The fourth-order valence-corrected chi connectivity index (χ4v) is 6.75. The minimum absolute atomic E-state index is 0.134. The Labute approximate surface area is 236 Å². The van der Waals surface area contributed by atoms with Gasteiger partial charge in [-0.2, -0.15) is 0 Å². The first kappa shape index (κ1) is 30.5. The highest BCUT2D eigenvalue weighted by molar-refractivity contribution is 8.10. The van der Waals surface area contributed by atoms with Crippen LogP contribution in [-0.2, 0) is 17.3 Å². The Morgan fingerprint density at radius 1 is 0.526 bits per heavy atom. The van der Waals surface area contributed by atoms with Gasteiger partial charge in [-0.05, 0) is 54.2 Å². The smallest absolute Gasteiger partial charge is 0.232 e. The van der Waals surface area contributed by atoms with Gasteiger partial charge in [0.15, 0.2) is 0 Å². The van der Waals surface area contributed by atoms with Crippen LogP contribution in [0.1, 0.15) is 119 Å². The third-order valence-corrected chi connectivity index (χ3v) is 9.58. The highest BCUT2D eigenvalue weighted by Crippen LogP contribution is 2.18. The number of hydrogen-bond acceptors (Lipinski definition) is 1. The SMILES string of the molecule is C[S+](CCCCCCCCCCCCCCCCCCc1ccc2ccccc2c1)C(=O)c1ccccc1. The molecular formula is C36H51OS+. The maximum absolute atomic E-state index is 12.4. The van der Waals surface area contributed by atoms with Crippen molar-refractivity contribution in [3.05, 3.63) is 83.9 Å². The summed E-state index contributed by atoms with van der Waals surface area (Å²) in [6.45, 7) is 0. The van der Waals surface area contributed by atoms with E-state index in [4.69, 9.17) is 0 Å². The average Bonchev–Trinajstić information content (AvgIpc) is 2.96. The number of fused-ring (bicyclic) bond motifs is 1. The number of hydrogen-bond donors (Lipinski definition) is 0. The molecule has 0 aliphatic heterocycles. The van der Waals surface area contributed by atoms with Crippen LogP contribution in [-0.4, -0.2) is 17.1 Å². The lowest BCUT2D eigenvalue weighted by molar-refractivity contribution is 0.108. The molecule has 0 spiro atoms. The summed E-state index contributed by atoms with van der Waals surface area (Å²) in [7, 11) is -0.134. The molecule has 0 aliphatic rings. The standard InChI is InChI=1S/C36H51OS/c1-38(36(37)34-25-18-16-19-26-34)30-22-15-13-11-9-7-5-3-2-4-6-8-10-12-14-17-23-32-28-29-33-24-20-21-27-35(33)31-32/h16,18-21,24-29,31H,2-15,17,22-23,30H2,1H3/q+1. The van der Waals surface area contributed by atoms with Crippen molar-refractivity contribution in [2.24, 2.45) is 0 Å². The zero-order valence-electron chi connectivity index (χ0n) is 24.0. The monoisotopic (exact) mass is 531 g/mol. The van der Waals surface area contributed by atoms with E-state index in [0.29, 0.717) is 5.12 Å². The lowest BCUT2D eigenvalue weighted by Crippen LogP contribution is -2.17. The fraction of sp³-hybridized carbons (Fsp3) is 0.528. The van der Waals surface area contributed by atoms with Crippen LogP contribution < -0.4 is 0 Å². The Hall–Kier alpha value is -2.06. The van der Waals surface area contributed by atoms with E-state index in [1.807, 2.05) is 30.3 Å². The molecule has 3 aromatic carbocycles. The van der Waals surface area contributed by atoms with E-state index in [-0.39, 0.29) is 10.9 Å². The molecule has 206 valence electrons. The zero-order chi connectivity index (χ0) is 26.7. The van der Waals surface area contributed by atoms with E-state index in [1.165, 1.54) is 125 Å². The van der Waals surface area contributed by atoms with Gasteiger partial charge < -0.3 is 0 Å². The number of carbonyl (C=O) groups excluding carboxylic acids is 1. The molecule has 0 bridgehead atoms. The third kappa shape index (κ3) is 12.2. The molecule has 0 saturated carbocycles. The van der Waals surface area contributed by atoms with E-state index in [2.05, 4.69) is 48.7 Å². The van der Waals surface area contributed by atoms with Crippen molar-refractivity contribution in [3.8, 4) is 0 Å². The van der Waals surface area contributed by atoms with Crippen molar-refractivity contribution in [3.63, 3.8) is 0 Å². The second kappa shape index (κ2) is 19.1. The first-order valence-corrected chi connectivity index (χ1v) is 17.2. The molecule has 2 heteroatoms. The van der Waals surface area contributed by atoms with Gasteiger partial charge in [-0.3, -0.25) is 0 Å². The Kier molecular flexibility index (Phi) is 15.3. The quantitative estimate of drug-likeness (QED) is 0.105. The molecule has 0 radical (unpaired) electrons. The van der Waals surface area contributed by atoms with Gasteiger partial charge in [0.1, 0.15) is 12.0 Å². The van der Waals surface area contributed by atoms with Crippen LogP contribution in [0.5, 0.6) is 0 Å². The van der Waals surface area contributed by atoms with Gasteiger partial charge in [-0.15, -0.1) is 0 Å². The number of aryl methyl sites for hydroxylation is 1. The topological polar surface area (TPSA) is 17.1 Å². The molecule has 0 aliphatic carbocycles. The molecule has 1 unspecified atom stereocenters. The minimum atomic E-state index is -0.134. The first-order valence-electron chi connectivity index (χ1n) is 15.4. The Bertz CT molecular complexity index is 1030. The van der Waals surface area contributed by atoms with Crippen molar-refractivity contribution in [2.45, 2.75) is 109 Å². The zero-order valence-corrected chi connectivity index (χ0v) is 24.8. The number of unbranched alkanes of at least 4 members (excludes halogenated alkanes) is 15. The van der Waals surface area contributed by atoms with Crippen molar-refractivity contribution in [1.29, 1.82) is 0 Å². The van der Waals surface area contributed by atoms with Crippen molar-refractivity contribution < 1.29 is 4.79 Å². The van der Waals surface area contributed by atoms with E-state index < -0.39 is 0 Å². The average molecular weight is 532 g/mol. The van der Waals surface area contributed by atoms with E-state index >= 15 is 0 Å². The predicted molar refractivity (Wildman–Crippen MR) is 170 cm³/mol. The van der Waals surface area contributed by atoms with Crippen molar-refractivity contribution >= 4 is 26.8 Å².